The number of hydrogen-bond donors (Lipinski definition) is 1. The molecule has 0 saturated carbocycles. The number of methoxy groups -OCH3 is 1. The molecule has 0 saturated heterocycles. The second kappa shape index (κ2) is 9.02. The predicted octanol–water partition coefficient (Wildman–Crippen LogP) is 4.80. The Labute approximate surface area is 175 Å². The number of nitrogens with one attached hydrogen (secondary N) is 1. The van der Waals surface area contributed by atoms with Gasteiger partial charge < -0.3 is 14.8 Å². The topological polar surface area (TPSA) is 77.5 Å². The first kappa shape index (κ1) is 20.8. The summed E-state index contributed by atoms with van der Waals surface area (Å²) in [5.41, 5.74) is 0.842. The number of benzene rings is 2. The second-order valence-electron chi connectivity index (χ2n) is 5.93. The molecule has 1 heterocycles. The molecular weight excluding hydrogens is 419 g/mol. The van der Waals surface area contributed by atoms with Crippen LogP contribution in [-0.2, 0) is 9.53 Å². The number of amides is 1. The Balaban J connectivity index is 1.63. The van der Waals surface area contributed by atoms with E-state index in [2.05, 4.69) is 10.3 Å². The lowest BCUT2D eigenvalue weighted by Gasteiger charge is -2.13. The number of aromatic nitrogens is 1. The summed E-state index contributed by atoms with van der Waals surface area (Å²) in [6, 6.07) is 11.1. The average Bonchev–Trinajstić information content (AvgIpc) is 3.20. The van der Waals surface area contributed by atoms with Crippen molar-refractivity contribution in [2.75, 3.05) is 12.4 Å². The number of esters is 1. The molecule has 1 amide bonds. The maximum atomic E-state index is 13.8. The van der Waals surface area contributed by atoms with Gasteiger partial charge in [0, 0.05) is 16.0 Å². The molecule has 1 unspecified atom stereocenters. The van der Waals surface area contributed by atoms with Crippen molar-refractivity contribution in [2.24, 2.45) is 0 Å². The third-order valence-electron chi connectivity index (χ3n) is 3.89. The van der Waals surface area contributed by atoms with Gasteiger partial charge in [-0.25, -0.2) is 14.2 Å². The lowest BCUT2D eigenvalue weighted by atomic mass is 10.2. The number of rotatable bonds is 6. The van der Waals surface area contributed by atoms with E-state index < -0.39 is 23.8 Å². The number of nitrogens with zero attached hydrogens (tertiary/aromatic N) is 1. The standard InChI is InChI=1S/C20H16ClFN2O4S/c1-11(18(25)23-16-8-5-13(21)9-15(16)22)28-20(26)17-10-29-19(24-17)12-3-6-14(27-2)7-4-12/h3-11H,1-2H3,(H,23,25). The van der Waals surface area contributed by atoms with E-state index in [1.54, 1.807) is 24.6 Å². The first-order valence-electron chi connectivity index (χ1n) is 8.44. The van der Waals surface area contributed by atoms with Gasteiger partial charge in [-0.15, -0.1) is 11.3 Å². The highest BCUT2D eigenvalue weighted by atomic mass is 35.5. The summed E-state index contributed by atoms with van der Waals surface area (Å²) in [6.45, 7) is 1.39. The second-order valence-corrected chi connectivity index (χ2v) is 7.22. The highest BCUT2D eigenvalue weighted by Gasteiger charge is 2.22. The molecule has 3 aromatic rings. The highest BCUT2D eigenvalue weighted by Crippen LogP contribution is 2.26. The van der Waals surface area contributed by atoms with Crippen molar-refractivity contribution in [3.8, 4) is 16.3 Å². The van der Waals surface area contributed by atoms with Gasteiger partial charge in [-0.2, -0.15) is 0 Å². The normalized spacial score (nSPS) is 11.6. The molecule has 3 rings (SSSR count). The van der Waals surface area contributed by atoms with Gasteiger partial charge in [0.05, 0.1) is 12.8 Å². The van der Waals surface area contributed by atoms with Crippen LogP contribution in [0.25, 0.3) is 10.6 Å². The Morgan fingerprint density at radius 3 is 2.59 bits per heavy atom. The minimum absolute atomic E-state index is 0.0576. The smallest absolute Gasteiger partial charge is 0.358 e. The Morgan fingerprint density at radius 1 is 1.21 bits per heavy atom. The molecule has 0 spiro atoms. The zero-order valence-corrected chi connectivity index (χ0v) is 17.0. The van der Waals surface area contributed by atoms with E-state index in [-0.39, 0.29) is 16.4 Å². The van der Waals surface area contributed by atoms with Crippen LogP contribution >= 0.6 is 22.9 Å². The third-order valence-corrected chi connectivity index (χ3v) is 5.02. The summed E-state index contributed by atoms with van der Waals surface area (Å²) in [7, 11) is 1.57. The maximum absolute atomic E-state index is 13.8. The molecular formula is C20H16ClFN2O4S. The fourth-order valence-corrected chi connectivity index (χ4v) is 3.29. The fraction of sp³-hybridized carbons (Fsp3) is 0.150. The van der Waals surface area contributed by atoms with E-state index in [1.807, 2.05) is 12.1 Å². The molecule has 6 nitrogen and oxygen atoms in total. The lowest BCUT2D eigenvalue weighted by Crippen LogP contribution is -2.30. The Morgan fingerprint density at radius 2 is 1.93 bits per heavy atom. The summed E-state index contributed by atoms with van der Waals surface area (Å²) >= 11 is 6.95. The number of thiazole rings is 1. The predicted molar refractivity (Wildman–Crippen MR) is 109 cm³/mol. The van der Waals surface area contributed by atoms with Crippen LogP contribution in [0.2, 0.25) is 5.02 Å². The molecule has 0 radical (unpaired) electrons. The highest BCUT2D eigenvalue weighted by molar-refractivity contribution is 7.13. The first-order chi connectivity index (χ1) is 13.9. The molecule has 29 heavy (non-hydrogen) atoms. The van der Waals surface area contributed by atoms with Crippen LogP contribution in [0.1, 0.15) is 17.4 Å². The van der Waals surface area contributed by atoms with Gasteiger partial charge >= 0.3 is 5.97 Å². The van der Waals surface area contributed by atoms with Gasteiger partial charge in [0.15, 0.2) is 11.8 Å². The molecule has 1 aromatic heterocycles. The molecule has 0 bridgehead atoms. The van der Waals surface area contributed by atoms with Crippen LogP contribution in [0, 0.1) is 5.82 Å². The van der Waals surface area contributed by atoms with Crippen LogP contribution < -0.4 is 10.1 Å². The van der Waals surface area contributed by atoms with Crippen LogP contribution in [0.15, 0.2) is 47.8 Å². The van der Waals surface area contributed by atoms with Crippen molar-refractivity contribution in [1.82, 2.24) is 4.98 Å². The van der Waals surface area contributed by atoms with E-state index in [0.717, 1.165) is 11.6 Å². The minimum Gasteiger partial charge on any atom is -0.497 e. The number of anilines is 1. The van der Waals surface area contributed by atoms with Crippen molar-refractivity contribution in [2.45, 2.75) is 13.0 Å². The summed E-state index contributed by atoms with van der Waals surface area (Å²) in [5, 5.41) is 4.73. The number of ether oxygens (including phenoxy) is 2. The lowest BCUT2D eigenvalue weighted by molar-refractivity contribution is -0.123. The van der Waals surface area contributed by atoms with E-state index in [9.17, 15) is 14.0 Å². The molecule has 0 aliphatic carbocycles. The van der Waals surface area contributed by atoms with Crippen molar-refractivity contribution < 1.29 is 23.5 Å². The molecule has 0 aliphatic heterocycles. The average molecular weight is 435 g/mol. The zero-order chi connectivity index (χ0) is 21.0. The summed E-state index contributed by atoms with van der Waals surface area (Å²) in [6.07, 6.45) is -1.15. The van der Waals surface area contributed by atoms with E-state index in [1.165, 1.54) is 30.4 Å². The molecule has 2 aromatic carbocycles. The fourth-order valence-electron chi connectivity index (χ4n) is 2.33. The molecule has 0 fully saturated rings. The summed E-state index contributed by atoms with van der Waals surface area (Å²) < 4.78 is 24.0. The first-order valence-corrected chi connectivity index (χ1v) is 9.70. The number of carbonyl (C=O) groups excluding carboxylic acids is 2. The third kappa shape index (κ3) is 5.10. The Bertz CT molecular complexity index is 1040. The van der Waals surface area contributed by atoms with Gasteiger partial charge in [-0.3, -0.25) is 4.79 Å². The van der Waals surface area contributed by atoms with Crippen LogP contribution in [-0.4, -0.2) is 30.1 Å². The van der Waals surface area contributed by atoms with Crippen LogP contribution in [0.4, 0.5) is 10.1 Å². The van der Waals surface area contributed by atoms with Gasteiger partial charge in [0.25, 0.3) is 5.91 Å². The molecule has 150 valence electrons. The summed E-state index contributed by atoms with van der Waals surface area (Å²) in [5.74, 6) is -1.40. The van der Waals surface area contributed by atoms with E-state index in [4.69, 9.17) is 21.1 Å². The Kier molecular flexibility index (Phi) is 6.46. The van der Waals surface area contributed by atoms with Crippen molar-refractivity contribution >= 4 is 40.5 Å². The Hall–Kier alpha value is -2.97. The van der Waals surface area contributed by atoms with Gasteiger partial charge in [0.2, 0.25) is 0 Å². The van der Waals surface area contributed by atoms with Gasteiger partial charge in [-0.05, 0) is 49.4 Å². The van der Waals surface area contributed by atoms with Gasteiger partial charge in [-0.1, -0.05) is 11.6 Å². The van der Waals surface area contributed by atoms with E-state index in [0.29, 0.717) is 10.8 Å². The van der Waals surface area contributed by atoms with Crippen molar-refractivity contribution in [3.05, 3.63) is 64.4 Å². The van der Waals surface area contributed by atoms with Crippen molar-refractivity contribution in [3.63, 3.8) is 0 Å². The molecule has 0 aliphatic rings. The maximum Gasteiger partial charge on any atom is 0.358 e. The van der Waals surface area contributed by atoms with Crippen LogP contribution in [0.3, 0.4) is 0 Å². The molecule has 9 heteroatoms. The zero-order valence-electron chi connectivity index (χ0n) is 15.4. The quantitative estimate of drug-likeness (QED) is 0.564. The number of hydrogen-bond acceptors (Lipinski definition) is 6. The van der Waals surface area contributed by atoms with Gasteiger partial charge in [0.1, 0.15) is 16.6 Å². The number of carbonyl (C=O) groups is 2. The molecule has 1 atom stereocenters. The van der Waals surface area contributed by atoms with Crippen molar-refractivity contribution in [1.29, 1.82) is 0 Å². The van der Waals surface area contributed by atoms with E-state index >= 15 is 0 Å². The number of halogens is 2. The SMILES string of the molecule is COc1ccc(-c2nc(C(=O)OC(C)C(=O)Nc3ccc(Cl)cc3F)cs2)cc1. The largest absolute Gasteiger partial charge is 0.497 e. The van der Waals surface area contributed by atoms with Crippen LogP contribution in [0.5, 0.6) is 5.75 Å². The monoisotopic (exact) mass is 434 g/mol. The minimum atomic E-state index is -1.15. The molecule has 1 N–H and O–H groups in total. The summed E-state index contributed by atoms with van der Waals surface area (Å²) in [4.78, 5) is 28.7.